The molecule has 1 saturated heterocycles. The van der Waals surface area contributed by atoms with E-state index in [2.05, 4.69) is 0 Å². The fourth-order valence-electron chi connectivity index (χ4n) is 3.79. The quantitative estimate of drug-likeness (QED) is 0.447. The lowest BCUT2D eigenvalue weighted by atomic mass is 10.1. The van der Waals surface area contributed by atoms with Crippen LogP contribution in [0.15, 0.2) is 71.2 Å². The number of furan rings is 1. The van der Waals surface area contributed by atoms with Gasteiger partial charge in [0.1, 0.15) is 17.3 Å². The summed E-state index contributed by atoms with van der Waals surface area (Å²) in [6.07, 6.45) is 3.59. The van der Waals surface area contributed by atoms with E-state index in [1.807, 2.05) is 42.5 Å². The van der Waals surface area contributed by atoms with E-state index in [-0.39, 0.29) is 24.0 Å². The maximum Gasteiger partial charge on any atom is 0.247 e. The SMILES string of the molecule is COc1ccc(/C=C/C(=O)N(Cc2ccc(-c3ccc(Cl)cc3)o2)C2CCS(=O)(=O)C2)cc1. The zero-order chi connectivity index (χ0) is 23.4. The number of rotatable bonds is 7. The molecule has 1 aromatic heterocycles. The zero-order valence-electron chi connectivity index (χ0n) is 18.1. The summed E-state index contributed by atoms with van der Waals surface area (Å²) in [5.41, 5.74) is 1.71. The first kappa shape index (κ1) is 23.1. The summed E-state index contributed by atoms with van der Waals surface area (Å²) in [6, 6.07) is 17.8. The predicted molar refractivity (Wildman–Crippen MR) is 129 cm³/mol. The van der Waals surface area contributed by atoms with Gasteiger partial charge in [0.2, 0.25) is 5.91 Å². The van der Waals surface area contributed by atoms with Gasteiger partial charge in [-0.15, -0.1) is 0 Å². The number of sulfone groups is 1. The number of ether oxygens (including phenoxy) is 1. The Kier molecular flexibility index (Phi) is 6.91. The van der Waals surface area contributed by atoms with E-state index < -0.39 is 15.9 Å². The number of amides is 1. The molecule has 3 aromatic rings. The van der Waals surface area contributed by atoms with Gasteiger partial charge in [-0.1, -0.05) is 23.7 Å². The molecule has 4 rings (SSSR count). The van der Waals surface area contributed by atoms with Gasteiger partial charge in [0.15, 0.2) is 9.84 Å². The van der Waals surface area contributed by atoms with Crippen LogP contribution < -0.4 is 4.74 Å². The van der Waals surface area contributed by atoms with Crippen molar-refractivity contribution in [2.24, 2.45) is 0 Å². The van der Waals surface area contributed by atoms with Crippen LogP contribution in [0, 0.1) is 0 Å². The van der Waals surface area contributed by atoms with Crippen LogP contribution in [0.1, 0.15) is 17.7 Å². The van der Waals surface area contributed by atoms with Crippen molar-refractivity contribution in [1.82, 2.24) is 4.90 Å². The smallest absolute Gasteiger partial charge is 0.247 e. The molecule has 1 atom stereocenters. The Hall–Kier alpha value is -3.03. The highest BCUT2D eigenvalue weighted by atomic mass is 35.5. The van der Waals surface area contributed by atoms with Crippen LogP contribution in [0.5, 0.6) is 5.75 Å². The Morgan fingerprint density at radius 1 is 1.12 bits per heavy atom. The molecule has 6 nitrogen and oxygen atoms in total. The van der Waals surface area contributed by atoms with Gasteiger partial charge in [0.25, 0.3) is 0 Å². The van der Waals surface area contributed by atoms with Gasteiger partial charge in [-0.3, -0.25) is 4.79 Å². The fourth-order valence-corrected chi connectivity index (χ4v) is 5.64. The van der Waals surface area contributed by atoms with E-state index in [0.29, 0.717) is 23.0 Å². The van der Waals surface area contributed by atoms with Gasteiger partial charge >= 0.3 is 0 Å². The van der Waals surface area contributed by atoms with Crippen molar-refractivity contribution in [3.05, 3.63) is 83.1 Å². The number of benzene rings is 2. The molecule has 1 amide bonds. The first-order valence-electron chi connectivity index (χ1n) is 10.5. The average Bonchev–Trinajstić information content (AvgIpc) is 3.42. The maximum absolute atomic E-state index is 13.1. The van der Waals surface area contributed by atoms with Crippen LogP contribution >= 0.6 is 11.6 Å². The number of nitrogens with zero attached hydrogens (tertiary/aromatic N) is 1. The van der Waals surface area contributed by atoms with Gasteiger partial charge in [-0.25, -0.2) is 8.42 Å². The van der Waals surface area contributed by atoms with Gasteiger partial charge in [-0.2, -0.15) is 0 Å². The highest BCUT2D eigenvalue weighted by Crippen LogP contribution is 2.26. The number of hydrogen-bond acceptors (Lipinski definition) is 5. The standard InChI is InChI=1S/C25H24ClNO5S/c1-31-22-9-2-18(3-10-22)4-13-25(28)27(21-14-15-33(29,30)17-21)16-23-11-12-24(32-23)19-5-7-20(26)8-6-19/h2-13,21H,14-17H2,1H3/b13-4+. The molecule has 8 heteroatoms. The molecule has 2 heterocycles. The van der Waals surface area contributed by atoms with Gasteiger partial charge < -0.3 is 14.1 Å². The van der Waals surface area contributed by atoms with Crippen LogP contribution in [-0.4, -0.2) is 43.9 Å². The molecular formula is C25H24ClNO5S. The molecule has 1 aliphatic rings. The lowest BCUT2D eigenvalue weighted by molar-refractivity contribution is -0.128. The second-order valence-corrected chi connectivity index (χ2v) is 10.6. The first-order valence-corrected chi connectivity index (χ1v) is 12.7. The number of hydrogen-bond donors (Lipinski definition) is 0. The maximum atomic E-state index is 13.1. The summed E-state index contributed by atoms with van der Waals surface area (Å²) in [6.45, 7) is 0.180. The van der Waals surface area contributed by atoms with Crippen molar-refractivity contribution in [1.29, 1.82) is 0 Å². The normalized spacial score (nSPS) is 17.3. The van der Waals surface area contributed by atoms with E-state index in [9.17, 15) is 13.2 Å². The van der Waals surface area contributed by atoms with Crippen molar-refractivity contribution in [2.45, 2.75) is 19.0 Å². The van der Waals surface area contributed by atoms with Crippen LogP contribution in [0.4, 0.5) is 0 Å². The number of methoxy groups -OCH3 is 1. The van der Waals surface area contributed by atoms with Crippen molar-refractivity contribution in [3.63, 3.8) is 0 Å². The summed E-state index contributed by atoms with van der Waals surface area (Å²) in [5, 5.41) is 0.633. The molecule has 0 N–H and O–H groups in total. The predicted octanol–water partition coefficient (Wildman–Crippen LogP) is 4.84. The lowest BCUT2D eigenvalue weighted by Gasteiger charge is -2.26. The van der Waals surface area contributed by atoms with Crippen molar-refractivity contribution in [3.8, 4) is 17.1 Å². The van der Waals surface area contributed by atoms with Crippen LogP contribution in [0.3, 0.4) is 0 Å². The van der Waals surface area contributed by atoms with Crippen molar-refractivity contribution in [2.75, 3.05) is 18.6 Å². The minimum Gasteiger partial charge on any atom is -0.497 e. The molecule has 1 fully saturated rings. The molecule has 0 spiro atoms. The third-order valence-electron chi connectivity index (χ3n) is 5.58. The summed E-state index contributed by atoms with van der Waals surface area (Å²) < 4.78 is 35.3. The summed E-state index contributed by atoms with van der Waals surface area (Å²) in [4.78, 5) is 14.7. The van der Waals surface area contributed by atoms with E-state index >= 15 is 0 Å². The van der Waals surface area contributed by atoms with Crippen molar-refractivity contribution < 1.29 is 22.4 Å². The Bertz CT molecular complexity index is 1250. The Morgan fingerprint density at radius 3 is 2.48 bits per heavy atom. The zero-order valence-corrected chi connectivity index (χ0v) is 19.7. The molecule has 1 aliphatic heterocycles. The summed E-state index contributed by atoms with van der Waals surface area (Å²) >= 11 is 5.96. The number of carbonyl (C=O) groups is 1. The van der Waals surface area contributed by atoms with E-state index in [1.165, 1.54) is 6.08 Å². The Morgan fingerprint density at radius 2 is 1.85 bits per heavy atom. The first-order chi connectivity index (χ1) is 15.8. The van der Waals surface area contributed by atoms with Gasteiger partial charge in [0.05, 0.1) is 25.2 Å². The third kappa shape index (κ3) is 5.86. The van der Waals surface area contributed by atoms with Gasteiger partial charge in [0, 0.05) is 22.7 Å². The highest BCUT2D eigenvalue weighted by molar-refractivity contribution is 7.91. The van der Waals surface area contributed by atoms with E-state index in [4.69, 9.17) is 20.8 Å². The number of carbonyl (C=O) groups excluding carboxylic acids is 1. The molecule has 172 valence electrons. The highest BCUT2D eigenvalue weighted by Gasteiger charge is 2.34. The molecular weight excluding hydrogens is 462 g/mol. The minimum atomic E-state index is -3.16. The molecule has 0 saturated carbocycles. The fraction of sp³-hybridized carbons (Fsp3) is 0.240. The summed E-state index contributed by atoms with van der Waals surface area (Å²) in [7, 11) is -1.57. The molecule has 33 heavy (non-hydrogen) atoms. The minimum absolute atomic E-state index is 0.0418. The van der Waals surface area contributed by atoms with Gasteiger partial charge in [-0.05, 0) is 66.6 Å². The molecule has 2 aromatic carbocycles. The molecule has 1 unspecified atom stereocenters. The topological polar surface area (TPSA) is 76.8 Å². The molecule has 0 bridgehead atoms. The molecule has 0 aliphatic carbocycles. The average molecular weight is 486 g/mol. The second-order valence-electron chi connectivity index (χ2n) is 7.90. The largest absolute Gasteiger partial charge is 0.497 e. The monoisotopic (exact) mass is 485 g/mol. The van der Waals surface area contributed by atoms with E-state index in [1.54, 1.807) is 36.3 Å². The van der Waals surface area contributed by atoms with Crippen LogP contribution in [-0.2, 0) is 21.2 Å². The third-order valence-corrected chi connectivity index (χ3v) is 7.59. The number of halogens is 1. The Labute approximate surface area is 198 Å². The summed E-state index contributed by atoms with van der Waals surface area (Å²) in [5.74, 6) is 1.73. The lowest BCUT2D eigenvalue weighted by Crippen LogP contribution is -2.39. The second kappa shape index (κ2) is 9.85. The van der Waals surface area contributed by atoms with Crippen molar-refractivity contribution >= 4 is 33.4 Å². The van der Waals surface area contributed by atoms with E-state index in [0.717, 1.165) is 16.9 Å². The molecule has 0 radical (unpaired) electrons. The van der Waals surface area contributed by atoms with Crippen LogP contribution in [0.2, 0.25) is 5.02 Å². The Balaban J connectivity index is 1.54. The van der Waals surface area contributed by atoms with Crippen LogP contribution in [0.25, 0.3) is 17.4 Å².